The number of rotatable bonds is 5. The molecule has 0 radical (unpaired) electrons. The standard InChI is InChI=1S/C36H44N2O4/c1-21-17-23(9-11-25(21)37-29(41)35-15-13-33(7,27(39)19-35)31(35,3)4)24-10-12-26(22(2)18-24)38-30(42)36-16-14-34(8,28(40)20-36)32(36,5)6/h9-12,17-18H,13-16,19-20H2,1-8H3,(H,37,41)(H,38,42). The Kier molecular flexibility index (Phi) is 5.93. The second-order valence-electron chi connectivity index (χ2n) is 15.2. The Hall–Kier alpha value is -3.28. The van der Waals surface area contributed by atoms with E-state index in [4.69, 9.17) is 0 Å². The van der Waals surface area contributed by atoms with Gasteiger partial charge >= 0.3 is 0 Å². The Morgan fingerprint density at radius 2 is 0.952 bits per heavy atom. The fourth-order valence-electron chi connectivity index (χ4n) is 9.17. The van der Waals surface area contributed by atoms with E-state index in [-0.39, 0.29) is 34.2 Å². The highest BCUT2D eigenvalue weighted by atomic mass is 16.2. The monoisotopic (exact) mass is 568 g/mol. The third kappa shape index (κ3) is 3.32. The average molecular weight is 569 g/mol. The zero-order valence-electron chi connectivity index (χ0n) is 26.3. The first-order chi connectivity index (χ1) is 19.5. The Morgan fingerprint density at radius 1 is 0.595 bits per heavy atom. The van der Waals surface area contributed by atoms with E-state index in [1.165, 1.54) is 0 Å². The molecule has 4 unspecified atom stereocenters. The zero-order chi connectivity index (χ0) is 30.7. The number of carbonyl (C=O) groups is 4. The summed E-state index contributed by atoms with van der Waals surface area (Å²) in [5.74, 6) is 0.307. The summed E-state index contributed by atoms with van der Waals surface area (Å²) in [6.45, 7) is 16.3. The van der Waals surface area contributed by atoms with Crippen LogP contribution < -0.4 is 10.6 Å². The molecule has 0 spiro atoms. The summed E-state index contributed by atoms with van der Waals surface area (Å²) in [7, 11) is 0. The van der Waals surface area contributed by atoms with Gasteiger partial charge in [-0.15, -0.1) is 0 Å². The normalized spacial score (nSPS) is 33.7. The molecule has 0 heterocycles. The lowest BCUT2D eigenvalue weighted by Gasteiger charge is -2.38. The van der Waals surface area contributed by atoms with Gasteiger partial charge in [-0.1, -0.05) is 53.7 Å². The Morgan fingerprint density at radius 3 is 1.21 bits per heavy atom. The van der Waals surface area contributed by atoms with Crippen LogP contribution in [0.1, 0.15) is 91.2 Å². The van der Waals surface area contributed by atoms with Crippen molar-refractivity contribution >= 4 is 34.8 Å². The zero-order valence-corrected chi connectivity index (χ0v) is 26.3. The highest BCUT2D eigenvalue weighted by molar-refractivity contribution is 6.06. The van der Waals surface area contributed by atoms with E-state index < -0.39 is 21.7 Å². The van der Waals surface area contributed by atoms with Crippen LogP contribution in [0.3, 0.4) is 0 Å². The quantitative estimate of drug-likeness (QED) is 0.393. The first-order valence-electron chi connectivity index (χ1n) is 15.4. The summed E-state index contributed by atoms with van der Waals surface area (Å²) < 4.78 is 0. The second kappa shape index (κ2) is 8.64. The predicted molar refractivity (Wildman–Crippen MR) is 165 cm³/mol. The topological polar surface area (TPSA) is 92.3 Å². The van der Waals surface area contributed by atoms with E-state index in [2.05, 4.69) is 50.5 Å². The summed E-state index contributed by atoms with van der Waals surface area (Å²) in [4.78, 5) is 53.1. The van der Waals surface area contributed by atoms with Crippen LogP contribution in [0.2, 0.25) is 0 Å². The average Bonchev–Trinajstić information content (AvgIpc) is 3.39. The van der Waals surface area contributed by atoms with E-state index in [0.29, 0.717) is 12.8 Å². The first kappa shape index (κ1) is 28.8. The van der Waals surface area contributed by atoms with Crippen molar-refractivity contribution < 1.29 is 19.2 Å². The molecule has 4 saturated carbocycles. The van der Waals surface area contributed by atoms with E-state index in [1.54, 1.807) is 0 Å². The van der Waals surface area contributed by atoms with Crippen molar-refractivity contribution in [3.8, 4) is 11.1 Å². The molecule has 2 aromatic carbocycles. The number of amides is 2. The highest BCUT2D eigenvalue weighted by Gasteiger charge is 2.73. The predicted octanol–water partition coefficient (Wildman–Crippen LogP) is 7.42. The molecule has 2 N–H and O–H groups in total. The smallest absolute Gasteiger partial charge is 0.231 e. The maximum atomic E-state index is 13.7. The number of anilines is 2. The third-order valence-electron chi connectivity index (χ3n) is 13.6. The molecule has 0 saturated heterocycles. The van der Waals surface area contributed by atoms with Gasteiger partial charge in [0.1, 0.15) is 11.6 Å². The van der Waals surface area contributed by atoms with E-state index in [0.717, 1.165) is 59.3 Å². The van der Waals surface area contributed by atoms with Gasteiger partial charge in [-0.3, -0.25) is 19.2 Å². The summed E-state index contributed by atoms with van der Waals surface area (Å²) >= 11 is 0. The molecule has 4 bridgehead atoms. The molecule has 222 valence electrons. The number of fused-ring (bicyclic) bond motifs is 4. The number of Topliss-reactive ketones (excluding diaryl/α,β-unsaturated/α-hetero) is 2. The van der Waals surface area contributed by atoms with Crippen molar-refractivity contribution in [2.75, 3.05) is 10.6 Å². The molecule has 0 aromatic heterocycles. The number of nitrogens with one attached hydrogen (secondary N) is 2. The molecule has 0 aliphatic heterocycles. The van der Waals surface area contributed by atoms with Gasteiger partial charge in [-0.2, -0.15) is 0 Å². The Balaban J connectivity index is 1.19. The molecule has 2 aromatic rings. The van der Waals surface area contributed by atoms with Gasteiger partial charge in [0.25, 0.3) is 0 Å². The molecule has 2 amide bonds. The fourth-order valence-corrected chi connectivity index (χ4v) is 9.17. The Bertz CT molecular complexity index is 1470. The van der Waals surface area contributed by atoms with Crippen molar-refractivity contribution in [1.29, 1.82) is 0 Å². The van der Waals surface area contributed by atoms with Gasteiger partial charge in [0.15, 0.2) is 0 Å². The number of carbonyl (C=O) groups excluding carboxylic acids is 4. The minimum absolute atomic E-state index is 0.0527. The number of hydrogen-bond acceptors (Lipinski definition) is 4. The number of ketones is 2. The van der Waals surface area contributed by atoms with Crippen molar-refractivity contribution in [1.82, 2.24) is 0 Å². The summed E-state index contributed by atoms with van der Waals surface area (Å²) in [5, 5.41) is 6.35. The fraction of sp³-hybridized carbons (Fsp3) is 0.556. The maximum absolute atomic E-state index is 13.7. The minimum Gasteiger partial charge on any atom is -0.325 e. The van der Waals surface area contributed by atoms with Gasteiger partial charge in [-0.05, 0) is 96.9 Å². The molecule has 4 aliphatic carbocycles. The molecular weight excluding hydrogens is 524 g/mol. The molecule has 4 fully saturated rings. The summed E-state index contributed by atoms with van der Waals surface area (Å²) in [6.07, 6.45) is 3.63. The van der Waals surface area contributed by atoms with Crippen LogP contribution in [0.5, 0.6) is 0 Å². The van der Waals surface area contributed by atoms with Gasteiger partial charge in [-0.25, -0.2) is 0 Å². The van der Waals surface area contributed by atoms with Gasteiger partial charge in [0.2, 0.25) is 11.8 Å². The van der Waals surface area contributed by atoms with E-state index >= 15 is 0 Å². The lowest BCUT2D eigenvalue weighted by atomic mass is 9.64. The van der Waals surface area contributed by atoms with Crippen molar-refractivity contribution in [2.24, 2.45) is 32.5 Å². The minimum atomic E-state index is -0.668. The highest BCUT2D eigenvalue weighted by Crippen LogP contribution is 2.71. The summed E-state index contributed by atoms with van der Waals surface area (Å²) in [6, 6.07) is 12.0. The van der Waals surface area contributed by atoms with Crippen LogP contribution in [0.25, 0.3) is 11.1 Å². The largest absolute Gasteiger partial charge is 0.325 e. The van der Waals surface area contributed by atoms with Gasteiger partial charge in [0.05, 0.1) is 10.8 Å². The molecule has 4 aliphatic rings. The number of benzene rings is 2. The van der Waals surface area contributed by atoms with Gasteiger partial charge < -0.3 is 10.6 Å². The van der Waals surface area contributed by atoms with Crippen LogP contribution in [0, 0.1) is 46.3 Å². The Labute approximate surface area is 249 Å². The van der Waals surface area contributed by atoms with E-state index in [1.807, 2.05) is 52.0 Å². The SMILES string of the molecule is Cc1cc(-c2ccc(NC(=O)C34CCC(C)(C(=O)C3)C4(C)C)c(C)c2)ccc1NC(=O)C12CCC(C)(C(=O)C1)C2(C)C. The first-order valence-corrected chi connectivity index (χ1v) is 15.4. The lowest BCUT2D eigenvalue weighted by molar-refractivity contribution is -0.131. The molecule has 6 nitrogen and oxygen atoms in total. The molecule has 4 atom stereocenters. The third-order valence-corrected chi connectivity index (χ3v) is 13.6. The lowest BCUT2D eigenvalue weighted by Crippen LogP contribution is -2.43. The second-order valence-corrected chi connectivity index (χ2v) is 15.2. The molecule has 42 heavy (non-hydrogen) atoms. The van der Waals surface area contributed by atoms with Crippen LogP contribution >= 0.6 is 0 Å². The van der Waals surface area contributed by atoms with E-state index in [9.17, 15) is 19.2 Å². The number of aryl methyl sites for hydroxylation is 2. The maximum Gasteiger partial charge on any atom is 0.231 e. The van der Waals surface area contributed by atoms with Crippen LogP contribution in [-0.4, -0.2) is 23.4 Å². The number of hydrogen-bond donors (Lipinski definition) is 2. The van der Waals surface area contributed by atoms with Crippen molar-refractivity contribution in [2.45, 2.75) is 93.9 Å². The van der Waals surface area contributed by atoms with Gasteiger partial charge in [0, 0.05) is 35.0 Å². The van der Waals surface area contributed by atoms with Crippen LogP contribution in [0.4, 0.5) is 11.4 Å². The molecule has 6 heteroatoms. The molecule has 6 rings (SSSR count). The summed E-state index contributed by atoms with van der Waals surface area (Å²) in [5.41, 5.74) is 2.48. The van der Waals surface area contributed by atoms with Crippen LogP contribution in [0.15, 0.2) is 36.4 Å². The van der Waals surface area contributed by atoms with Crippen molar-refractivity contribution in [3.05, 3.63) is 47.5 Å². The van der Waals surface area contributed by atoms with Crippen molar-refractivity contribution in [3.63, 3.8) is 0 Å². The van der Waals surface area contributed by atoms with Crippen LogP contribution in [-0.2, 0) is 19.2 Å². The molecular formula is C36H44N2O4.